The fourth-order valence-electron chi connectivity index (χ4n) is 2.77. The fraction of sp³-hybridized carbons (Fsp3) is 0.917. The predicted molar refractivity (Wildman–Crippen MR) is 65.6 cm³/mol. The lowest BCUT2D eigenvalue weighted by atomic mass is 9.94. The summed E-state index contributed by atoms with van der Waals surface area (Å²) in [5, 5.41) is 15.6. The normalized spacial score (nSPS) is 39.2. The molecule has 0 bridgehead atoms. The number of likely N-dealkylation sites (tertiary alicyclic amines) is 1. The molecule has 0 aromatic carbocycles. The third-order valence-electron chi connectivity index (χ3n) is 3.86. The third kappa shape index (κ3) is 3.18. The molecule has 2 rings (SSSR count). The Hall–Kier alpha value is -0.650. The highest BCUT2D eigenvalue weighted by Crippen LogP contribution is 2.16. The van der Waals surface area contributed by atoms with Crippen LogP contribution >= 0.6 is 0 Å². The van der Waals surface area contributed by atoms with Gasteiger partial charge < -0.3 is 20.6 Å². The van der Waals surface area contributed by atoms with Crippen LogP contribution in [0, 0.1) is 5.92 Å². The molecule has 0 radical (unpaired) electrons. The van der Waals surface area contributed by atoms with Crippen LogP contribution in [-0.2, 0) is 4.79 Å². The highest BCUT2D eigenvalue weighted by atomic mass is 16.3. The first-order valence-electron chi connectivity index (χ1n) is 6.46. The van der Waals surface area contributed by atoms with Crippen LogP contribution in [0.5, 0.6) is 0 Å². The summed E-state index contributed by atoms with van der Waals surface area (Å²) in [6, 6.07) is 0.0649. The van der Waals surface area contributed by atoms with Gasteiger partial charge in [0.1, 0.15) is 0 Å². The number of hydrogen-bond acceptors (Lipinski definition) is 4. The second-order valence-electron chi connectivity index (χ2n) is 5.49. The number of rotatable bonds is 2. The zero-order valence-corrected chi connectivity index (χ0v) is 10.6. The van der Waals surface area contributed by atoms with E-state index in [2.05, 4.69) is 29.5 Å². The van der Waals surface area contributed by atoms with Crippen LogP contribution < -0.4 is 10.6 Å². The smallest absolute Gasteiger partial charge is 0.237 e. The molecule has 98 valence electrons. The SMILES string of the molecule is CC1CN(C)CCC1NC(=O)C1CC(O)CN1. The van der Waals surface area contributed by atoms with Crippen LogP contribution in [0.25, 0.3) is 0 Å². The largest absolute Gasteiger partial charge is 0.392 e. The van der Waals surface area contributed by atoms with Crippen molar-refractivity contribution in [3.63, 3.8) is 0 Å². The Balaban J connectivity index is 1.82. The molecule has 4 atom stereocenters. The molecule has 2 saturated heterocycles. The highest BCUT2D eigenvalue weighted by Gasteiger charge is 2.31. The Bertz CT molecular complexity index is 285. The van der Waals surface area contributed by atoms with Gasteiger partial charge >= 0.3 is 0 Å². The molecule has 0 aromatic rings. The predicted octanol–water partition coefficient (Wildman–Crippen LogP) is -0.834. The standard InChI is InChI=1S/C12H23N3O2/c1-8-7-15(2)4-3-10(8)14-12(17)11-5-9(16)6-13-11/h8-11,13,16H,3-7H2,1-2H3,(H,14,17). The number of carbonyl (C=O) groups is 1. The Morgan fingerprint density at radius 2 is 2.29 bits per heavy atom. The molecule has 0 saturated carbocycles. The summed E-state index contributed by atoms with van der Waals surface area (Å²) >= 11 is 0. The molecule has 4 unspecified atom stereocenters. The Morgan fingerprint density at radius 1 is 1.53 bits per heavy atom. The van der Waals surface area contributed by atoms with Crippen LogP contribution in [0.15, 0.2) is 0 Å². The first kappa shape index (κ1) is 12.8. The van der Waals surface area contributed by atoms with Gasteiger partial charge in [0, 0.05) is 19.1 Å². The first-order chi connectivity index (χ1) is 8.06. The van der Waals surface area contributed by atoms with Gasteiger partial charge in [-0.1, -0.05) is 6.92 Å². The van der Waals surface area contributed by atoms with E-state index >= 15 is 0 Å². The van der Waals surface area contributed by atoms with Crippen molar-refractivity contribution in [2.24, 2.45) is 5.92 Å². The molecule has 2 heterocycles. The molecule has 0 spiro atoms. The van der Waals surface area contributed by atoms with Crippen molar-refractivity contribution in [1.82, 2.24) is 15.5 Å². The minimum absolute atomic E-state index is 0.0444. The summed E-state index contributed by atoms with van der Waals surface area (Å²) in [4.78, 5) is 14.3. The van der Waals surface area contributed by atoms with Crippen LogP contribution in [-0.4, -0.2) is 60.8 Å². The zero-order valence-electron chi connectivity index (χ0n) is 10.6. The van der Waals surface area contributed by atoms with Crippen molar-refractivity contribution in [1.29, 1.82) is 0 Å². The second-order valence-corrected chi connectivity index (χ2v) is 5.49. The molecule has 17 heavy (non-hydrogen) atoms. The van der Waals surface area contributed by atoms with E-state index in [1.54, 1.807) is 0 Å². The number of nitrogens with one attached hydrogen (secondary N) is 2. The van der Waals surface area contributed by atoms with Crippen molar-refractivity contribution < 1.29 is 9.90 Å². The monoisotopic (exact) mass is 241 g/mol. The van der Waals surface area contributed by atoms with Crippen molar-refractivity contribution >= 4 is 5.91 Å². The van der Waals surface area contributed by atoms with Gasteiger partial charge in [0.15, 0.2) is 0 Å². The van der Waals surface area contributed by atoms with E-state index < -0.39 is 0 Å². The number of hydrogen-bond donors (Lipinski definition) is 3. The number of aliphatic hydroxyl groups excluding tert-OH is 1. The number of nitrogens with zero attached hydrogens (tertiary/aromatic N) is 1. The molecular weight excluding hydrogens is 218 g/mol. The number of piperidine rings is 1. The molecule has 3 N–H and O–H groups in total. The summed E-state index contributed by atoms with van der Waals surface area (Å²) < 4.78 is 0. The van der Waals surface area contributed by atoms with Crippen molar-refractivity contribution in [2.75, 3.05) is 26.7 Å². The Morgan fingerprint density at radius 3 is 2.88 bits per heavy atom. The van der Waals surface area contributed by atoms with Crippen molar-refractivity contribution in [3.05, 3.63) is 0 Å². The molecule has 0 aromatic heterocycles. The summed E-state index contributed by atoms with van der Waals surface area (Å²) in [5.41, 5.74) is 0. The summed E-state index contributed by atoms with van der Waals surface area (Å²) in [5.74, 6) is 0.534. The first-order valence-corrected chi connectivity index (χ1v) is 6.46. The maximum Gasteiger partial charge on any atom is 0.237 e. The topological polar surface area (TPSA) is 64.6 Å². The van der Waals surface area contributed by atoms with Gasteiger partial charge in [0.2, 0.25) is 5.91 Å². The van der Waals surface area contributed by atoms with E-state index in [-0.39, 0.29) is 24.1 Å². The van der Waals surface area contributed by atoms with Gasteiger partial charge in [0.05, 0.1) is 12.1 Å². The van der Waals surface area contributed by atoms with E-state index in [4.69, 9.17) is 0 Å². The average molecular weight is 241 g/mol. The van der Waals surface area contributed by atoms with Gasteiger partial charge in [-0.2, -0.15) is 0 Å². The van der Waals surface area contributed by atoms with Gasteiger partial charge in [-0.05, 0) is 32.4 Å². The maximum absolute atomic E-state index is 12.0. The third-order valence-corrected chi connectivity index (χ3v) is 3.86. The molecule has 2 aliphatic heterocycles. The number of carbonyl (C=O) groups excluding carboxylic acids is 1. The van der Waals surface area contributed by atoms with Gasteiger partial charge in [-0.3, -0.25) is 4.79 Å². The molecule has 2 aliphatic rings. The van der Waals surface area contributed by atoms with Crippen LogP contribution in [0.1, 0.15) is 19.8 Å². The van der Waals surface area contributed by atoms with E-state index in [0.717, 1.165) is 19.5 Å². The van der Waals surface area contributed by atoms with Crippen molar-refractivity contribution in [2.45, 2.75) is 38.0 Å². The number of amides is 1. The van der Waals surface area contributed by atoms with E-state index in [1.165, 1.54) is 0 Å². The molecule has 5 heteroatoms. The quantitative estimate of drug-likeness (QED) is 0.590. The number of aliphatic hydroxyl groups is 1. The zero-order chi connectivity index (χ0) is 12.4. The fourth-order valence-corrected chi connectivity index (χ4v) is 2.77. The van der Waals surface area contributed by atoms with Crippen LogP contribution in [0.4, 0.5) is 0 Å². The highest BCUT2D eigenvalue weighted by molar-refractivity contribution is 5.82. The van der Waals surface area contributed by atoms with E-state index in [1.807, 2.05) is 0 Å². The molecule has 2 fully saturated rings. The van der Waals surface area contributed by atoms with Crippen LogP contribution in [0.3, 0.4) is 0 Å². The van der Waals surface area contributed by atoms with Gasteiger partial charge in [-0.25, -0.2) is 0 Å². The van der Waals surface area contributed by atoms with E-state index in [0.29, 0.717) is 18.9 Å². The minimum Gasteiger partial charge on any atom is -0.392 e. The van der Waals surface area contributed by atoms with E-state index in [9.17, 15) is 9.90 Å². The maximum atomic E-state index is 12.0. The summed E-state index contributed by atoms with van der Waals surface area (Å²) in [7, 11) is 2.11. The van der Waals surface area contributed by atoms with Gasteiger partial charge in [-0.15, -0.1) is 0 Å². The Labute approximate surface area is 103 Å². The molecule has 0 aliphatic carbocycles. The number of β-amino-alcohol motifs (C(OH)–C–C–N with tert-alkyl or cyclic N) is 1. The lowest BCUT2D eigenvalue weighted by molar-refractivity contribution is -0.124. The lowest BCUT2D eigenvalue weighted by Crippen LogP contribution is -2.52. The summed E-state index contributed by atoms with van der Waals surface area (Å²) in [6.07, 6.45) is 1.17. The minimum atomic E-state index is -0.374. The molecule has 5 nitrogen and oxygen atoms in total. The van der Waals surface area contributed by atoms with Gasteiger partial charge in [0.25, 0.3) is 0 Å². The Kier molecular flexibility index (Phi) is 4.01. The summed E-state index contributed by atoms with van der Waals surface area (Å²) in [6.45, 7) is 4.78. The lowest BCUT2D eigenvalue weighted by Gasteiger charge is -2.35. The van der Waals surface area contributed by atoms with Crippen molar-refractivity contribution in [3.8, 4) is 0 Å². The molecule has 1 amide bonds. The average Bonchev–Trinajstić information content (AvgIpc) is 2.69. The second kappa shape index (κ2) is 5.33. The van der Waals surface area contributed by atoms with Crippen LogP contribution in [0.2, 0.25) is 0 Å². The molecular formula is C12H23N3O2.